The van der Waals surface area contributed by atoms with Crippen molar-refractivity contribution in [3.8, 4) is 0 Å². The molecule has 1 fully saturated rings. The maximum absolute atomic E-state index is 12.7. The molecule has 0 bridgehead atoms. The Morgan fingerprint density at radius 1 is 1.30 bits per heavy atom. The van der Waals surface area contributed by atoms with E-state index in [0.29, 0.717) is 13.0 Å². The number of rotatable bonds is 3. The highest BCUT2D eigenvalue weighted by Gasteiger charge is 2.26. The number of aryl methyl sites for hydroxylation is 2. The number of carbonyl (C=O) groups excluding carboxylic acids is 1. The third-order valence-electron chi connectivity index (χ3n) is 4.83. The fourth-order valence-corrected chi connectivity index (χ4v) is 3.31. The van der Waals surface area contributed by atoms with Crippen molar-refractivity contribution in [2.45, 2.75) is 45.6 Å². The zero-order valence-corrected chi connectivity index (χ0v) is 14.6. The van der Waals surface area contributed by atoms with Crippen molar-refractivity contribution in [2.75, 3.05) is 13.1 Å². The first-order chi connectivity index (χ1) is 10.6. The van der Waals surface area contributed by atoms with E-state index in [2.05, 4.69) is 19.9 Å². The van der Waals surface area contributed by atoms with Crippen LogP contribution in [0.5, 0.6) is 0 Å². The van der Waals surface area contributed by atoms with Crippen molar-refractivity contribution in [1.82, 2.24) is 4.90 Å². The minimum Gasteiger partial charge on any atom is -0.464 e. The average molecular weight is 337 g/mol. The van der Waals surface area contributed by atoms with E-state index >= 15 is 0 Å². The van der Waals surface area contributed by atoms with Gasteiger partial charge in [-0.2, -0.15) is 0 Å². The quantitative estimate of drug-likeness (QED) is 0.935. The number of nitrogens with zero attached hydrogens (tertiary/aromatic N) is 1. The second kappa shape index (κ2) is 7.37. The lowest BCUT2D eigenvalue weighted by Gasteiger charge is -2.35. The molecule has 0 saturated carbocycles. The number of fused-ring (bicyclic) bond motifs is 1. The summed E-state index contributed by atoms with van der Waals surface area (Å²) < 4.78 is 5.63. The van der Waals surface area contributed by atoms with Gasteiger partial charge in [0.1, 0.15) is 5.58 Å². The van der Waals surface area contributed by atoms with Crippen molar-refractivity contribution in [3.05, 3.63) is 35.1 Å². The Bertz CT molecular complexity index is 696. The highest BCUT2D eigenvalue weighted by molar-refractivity contribution is 5.88. The highest BCUT2D eigenvalue weighted by Crippen LogP contribution is 2.26. The first-order valence-corrected chi connectivity index (χ1v) is 8.07. The predicted molar refractivity (Wildman–Crippen MR) is 95.0 cm³/mol. The largest absolute Gasteiger partial charge is 0.464 e. The monoisotopic (exact) mass is 336 g/mol. The summed E-state index contributed by atoms with van der Waals surface area (Å²) in [6.07, 6.45) is 5.38. The van der Waals surface area contributed by atoms with Gasteiger partial charge in [-0.15, -0.1) is 12.4 Å². The molecular formula is C18H25ClN2O2. The van der Waals surface area contributed by atoms with Gasteiger partial charge in [0.2, 0.25) is 5.91 Å². The summed E-state index contributed by atoms with van der Waals surface area (Å²) in [5.41, 5.74) is 10.1. The number of nitrogens with two attached hydrogens (primary N) is 1. The molecule has 4 nitrogen and oxygen atoms in total. The van der Waals surface area contributed by atoms with Crippen molar-refractivity contribution in [1.29, 1.82) is 0 Å². The standard InChI is InChI=1S/C18H24N2O2.ClH/c1-12-7-16-14(11-22-17(16)8-13(12)2)9-18(21)20-6-4-3-5-15(20)10-19;/h7-8,11,15H,3-6,9-10,19H2,1-2H3;1H. The Labute approximate surface area is 143 Å². The number of hydrogen-bond donors (Lipinski definition) is 1. The van der Waals surface area contributed by atoms with Gasteiger partial charge < -0.3 is 15.1 Å². The molecule has 0 spiro atoms. The van der Waals surface area contributed by atoms with Crippen LogP contribution in [0.2, 0.25) is 0 Å². The zero-order valence-electron chi connectivity index (χ0n) is 13.8. The molecule has 23 heavy (non-hydrogen) atoms. The third kappa shape index (κ3) is 3.54. The topological polar surface area (TPSA) is 59.5 Å². The lowest BCUT2D eigenvalue weighted by atomic mass is 10.00. The summed E-state index contributed by atoms with van der Waals surface area (Å²) in [4.78, 5) is 14.6. The van der Waals surface area contributed by atoms with Gasteiger partial charge in [-0.3, -0.25) is 4.79 Å². The molecule has 1 saturated heterocycles. The van der Waals surface area contributed by atoms with Crippen LogP contribution in [0.1, 0.15) is 36.0 Å². The van der Waals surface area contributed by atoms with E-state index in [0.717, 1.165) is 35.9 Å². The fourth-order valence-electron chi connectivity index (χ4n) is 3.31. The van der Waals surface area contributed by atoms with Crippen molar-refractivity contribution in [3.63, 3.8) is 0 Å². The van der Waals surface area contributed by atoms with Gasteiger partial charge in [-0.1, -0.05) is 0 Å². The average Bonchev–Trinajstić information content (AvgIpc) is 2.89. The molecule has 1 aromatic carbocycles. The van der Waals surface area contributed by atoms with E-state index in [9.17, 15) is 4.79 Å². The van der Waals surface area contributed by atoms with Crippen LogP contribution in [0.4, 0.5) is 0 Å². The van der Waals surface area contributed by atoms with Gasteiger partial charge >= 0.3 is 0 Å². The number of furan rings is 1. The van der Waals surface area contributed by atoms with Gasteiger partial charge in [0.25, 0.3) is 0 Å². The SMILES string of the molecule is Cc1cc2occ(CC(=O)N3CCCCC3CN)c2cc1C.Cl. The highest BCUT2D eigenvalue weighted by atomic mass is 35.5. The van der Waals surface area contributed by atoms with Crippen LogP contribution in [0, 0.1) is 13.8 Å². The molecule has 1 aliphatic rings. The maximum Gasteiger partial charge on any atom is 0.227 e. The van der Waals surface area contributed by atoms with Crippen molar-refractivity contribution in [2.24, 2.45) is 5.73 Å². The van der Waals surface area contributed by atoms with Crippen LogP contribution in [-0.2, 0) is 11.2 Å². The molecule has 1 aromatic heterocycles. The smallest absolute Gasteiger partial charge is 0.227 e. The van der Waals surface area contributed by atoms with Gasteiger partial charge in [-0.05, 0) is 56.4 Å². The molecular weight excluding hydrogens is 312 g/mol. The number of carbonyl (C=O) groups is 1. The van der Waals surface area contributed by atoms with Crippen LogP contribution < -0.4 is 5.73 Å². The summed E-state index contributed by atoms with van der Waals surface area (Å²) in [6.45, 7) is 5.54. The van der Waals surface area contributed by atoms with Crippen LogP contribution in [0.3, 0.4) is 0 Å². The molecule has 2 N–H and O–H groups in total. The molecule has 126 valence electrons. The summed E-state index contributed by atoms with van der Waals surface area (Å²) in [5.74, 6) is 0.163. The maximum atomic E-state index is 12.7. The molecule has 1 aliphatic heterocycles. The predicted octanol–water partition coefficient (Wildman–Crippen LogP) is 3.35. The van der Waals surface area contributed by atoms with Gasteiger partial charge in [-0.25, -0.2) is 0 Å². The first-order valence-electron chi connectivity index (χ1n) is 8.07. The number of amides is 1. The van der Waals surface area contributed by atoms with E-state index in [-0.39, 0.29) is 24.4 Å². The minimum atomic E-state index is 0. The van der Waals surface area contributed by atoms with Gasteiger partial charge in [0, 0.05) is 30.1 Å². The van der Waals surface area contributed by atoms with Gasteiger partial charge in [0.15, 0.2) is 0 Å². The zero-order chi connectivity index (χ0) is 15.7. The lowest BCUT2D eigenvalue weighted by molar-refractivity contribution is -0.133. The number of benzene rings is 1. The molecule has 2 aromatic rings. The molecule has 1 amide bonds. The lowest BCUT2D eigenvalue weighted by Crippen LogP contribution is -2.48. The third-order valence-corrected chi connectivity index (χ3v) is 4.83. The van der Waals surface area contributed by atoms with Crippen molar-refractivity contribution >= 4 is 29.3 Å². The van der Waals surface area contributed by atoms with Crippen molar-refractivity contribution < 1.29 is 9.21 Å². The van der Waals surface area contributed by atoms with E-state index < -0.39 is 0 Å². The first kappa shape index (κ1) is 17.8. The van der Waals surface area contributed by atoms with Crippen LogP contribution in [-0.4, -0.2) is 29.9 Å². The number of hydrogen-bond acceptors (Lipinski definition) is 3. The van der Waals surface area contributed by atoms with Crippen LogP contribution in [0.25, 0.3) is 11.0 Å². The second-order valence-electron chi connectivity index (χ2n) is 6.34. The Kier molecular flexibility index (Phi) is 5.71. The van der Waals surface area contributed by atoms with Crippen LogP contribution in [0.15, 0.2) is 22.8 Å². The van der Waals surface area contributed by atoms with Gasteiger partial charge in [0.05, 0.1) is 12.7 Å². The number of likely N-dealkylation sites (tertiary alicyclic amines) is 1. The van der Waals surface area contributed by atoms with E-state index in [1.165, 1.54) is 17.5 Å². The van der Waals surface area contributed by atoms with E-state index in [1.54, 1.807) is 6.26 Å². The Hall–Kier alpha value is -1.52. The van der Waals surface area contributed by atoms with Crippen LogP contribution >= 0.6 is 12.4 Å². The molecule has 1 unspecified atom stereocenters. The molecule has 0 aliphatic carbocycles. The number of piperidine rings is 1. The molecule has 3 rings (SSSR count). The molecule has 5 heteroatoms. The summed E-state index contributed by atoms with van der Waals surface area (Å²) in [7, 11) is 0. The Morgan fingerprint density at radius 3 is 2.78 bits per heavy atom. The van der Waals surface area contributed by atoms with E-state index in [4.69, 9.17) is 10.2 Å². The minimum absolute atomic E-state index is 0. The summed E-state index contributed by atoms with van der Waals surface area (Å²) >= 11 is 0. The molecule has 2 heterocycles. The summed E-state index contributed by atoms with van der Waals surface area (Å²) in [6, 6.07) is 4.36. The summed E-state index contributed by atoms with van der Waals surface area (Å²) in [5, 5.41) is 1.05. The molecule has 0 radical (unpaired) electrons. The Balaban J connectivity index is 0.00000192. The van der Waals surface area contributed by atoms with E-state index in [1.807, 2.05) is 11.0 Å². The fraction of sp³-hybridized carbons (Fsp3) is 0.500. The normalized spacial score (nSPS) is 18.0. The molecule has 1 atom stereocenters. The second-order valence-corrected chi connectivity index (χ2v) is 6.34. The Morgan fingerprint density at radius 2 is 2.04 bits per heavy atom. The number of halogens is 1.